The fourth-order valence-electron chi connectivity index (χ4n) is 8.38. The number of carbonyl (C=O) groups is 2. The SMILES string of the molecule is COC(=O)C1=CO[C@@H](O[C@@H]2O[C@H](CO)[C@@H](O)[C@H](O)[C@H]2O[C@@H]2C[C@@H]3C(C(=O)OC)=CO[C@@H](O[C@@H]4O[C@H](CO)[C@@H](O)[C@H](O)[C@H]4O)[C@@H]3[C@H](C)O2)[C@@H]2[C@@H](C)[C@@H](O)C[C@H]12. The lowest BCUT2D eigenvalue weighted by Gasteiger charge is -2.49. The highest BCUT2D eigenvalue weighted by Crippen LogP contribution is 2.48. The quantitative estimate of drug-likeness (QED) is 0.0997. The number of fused-ring (bicyclic) bond motifs is 2. The van der Waals surface area contributed by atoms with Crippen LogP contribution >= 0.6 is 0 Å². The largest absolute Gasteiger partial charge is 0.472 e. The first-order valence-corrected chi connectivity index (χ1v) is 17.8. The maximum Gasteiger partial charge on any atom is 0.337 e. The average Bonchev–Trinajstić information content (AvgIpc) is 3.47. The summed E-state index contributed by atoms with van der Waals surface area (Å²) in [4.78, 5) is 25.5. The summed E-state index contributed by atoms with van der Waals surface area (Å²) in [6.45, 7) is 1.99. The zero-order valence-corrected chi connectivity index (χ0v) is 30.0. The molecule has 20 heteroatoms. The van der Waals surface area contributed by atoms with Crippen molar-refractivity contribution >= 4 is 11.9 Å². The van der Waals surface area contributed by atoms with E-state index in [0.29, 0.717) is 0 Å². The fraction of sp³-hybridized carbons (Fsp3) is 0.824. The van der Waals surface area contributed by atoms with E-state index in [4.69, 9.17) is 47.4 Å². The summed E-state index contributed by atoms with van der Waals surface area (Å²) in [5, 5.41) is 83.6. The second kappa shape index (κ2) is 16.9. The van der Waals surface area contributed by atoms with Crippen LogP contribution in [0, 0.1) is 29.6 Å². The fourth-order valence-corrected chi connectivity index (χ4v) is 8.38. The van der Waals surface area contributed by atoms with Crippen LogP contribution in [0.25, 0.3) is 0 Å². The maximum absolute atomic E-state index is 12.9. The molecule has 0 spiro atoms. The Morgan fingerprint density at radius 2 is 1.17 bits per heavy atom. The van der Waals surface area contributed by atoms with Gasteiger partial charge in [0, 0.05) is 24.2 Å². The number of hydrogen-bond donors (Lipinski definition) is 8. The average molecular weight is 779 g/mol. The van der Waals surface area contributed by atoms with E-state index in [2.05, 4.69) is 0 Å². The minimum absolute atomic E-state index is 0.0668. The van der Waals surface area contributed by atoms with Gasteiger partial charge in [-0.1, -0.05) is 6.92 Å². The van der Waals surface area contributed by atoms with Gasteiger partial charge in [0.25, 0.3) is 0 Å². The molecule has 5 aliphatic heterocycles. The third-order valence-electron chi connectivity index (χ3n) is 11.4. The number of carbonyl (C=O) groups excluding carboxylic acids is 2. The van der Waals surface area contributed by atoms with Crippen LogP contribution in [0.5, 0.6) is 0 Å². The van der Waals surface area contributed by atoms with E-state index in [9.17, 15) is 50.4 Å². The molecule has 20 atom stereocenters. The summed E-state index contributed by atoms with van der Waals surface area (Å²) in [6.07, 6.45) is -18.5. The van der Waals surface area contributed by atoms with Crippen LogP contribution in [-0.2, 0) is 57.0 Å². The molecule has 5 heterocycles. The minimum Gasteiger partial charge on any atom is -0.472 e. The van der Waals surface area contributed by atoms with Crippen LogP contribution in [0.2, 0.25) is 0 Å². The van der Waals surface area contributed by atoms with E-state index in [1.807, 2.05) is 0 Å². The smallest absolute Gasteiger partial charge is 0.337 e. The van der Waals surface area contributed by atoms with Crippen LogP contribution in [0.15, 0.2) is 23.7 Å². The molecule has 306 valence electrons. The minimum atomic E-state index is -1.74. The van der Waals surface area contributed by atoms with Crippen molar-refractivity contribution in [3.05, 3.63) is 23.7 Å². The second-order valence-corrected chi connectivity index (χ2v) is 14.5. The normalized spacial score (nSPS) is 47.6. The van der Waals surface area contributed by atoms with Gasteiger partial charge >= 0.3 is 11.9 Å². The lowest BCUT2D eigenvalue weighted by molar-refractivity contribution is -0.379. The number of esters is 2. The predicted molar refractivity (Wildman–Crippen MR) is 171 cm³/mol. The van der Waals surface area contributed by atoms with Crippen molar-refractivity contribution in [1.82, 2.24) is 0 Å². The van der Waals surface area contributed by atoms with Crippen molar-refractivity contribution < 1.29 is 97.8 Å². The molecule has 8 N–H and O–H groups in total. The van der Waals surface area contributed by atoms with Crippen molar-refractivity contribution in [3.63, 3.8) is 0 Å². The topological polar surface area (TPSA) is 288 Å². The van der Waals surface area contributed by atoms with Gasteiger partial charge in [-0.2, -0.15) is 0 Å². The molecule has 54 heavy (non-hydrogen) atoms. The van der Waals surface area contributed by atoms with Crippen molar-refractivity contribution in [3.8, 4) is 0 Å². The van der Waals surface area contributed by atoms with Crippen molar-refractivity contribution in [2.24, 2.45) is 29.6 Å². The van der Waals surface area contributed by atoms with Gasteiger partial charge in [-0.25, -0.2) is 9.59 Å². The van der Waals surface area contributed by atoms with Crippen molar-refractivity contribution in [2.45, 2.75) is 119 Å². The van der Waals surface area contributed by atoms with Gasteiger partial charge in [-0.05, 0) is 19.3 Å². The standard InChI is InChI=1S/C34H50O20/c1-11-17(37)5-13-15(29(43)45-3)9-47-31(21(11)13)54-34-28(26(41)24(39)19(8-36)51-34)52-20-6-14-16(30(44)46-4)10-48-32(22(14)12(2)49-20)53-33-27(42)25(40)23(38)18(7-35)50-33/h9-14,17-28,31-42H,5-8H2,1-4H3/t11-,12-,13+,14+,17-,18+,19+,20+,21+,22+,23+,24+,25-,26-,27+,28+,31-,32-,33-,34-/m0/s1. The molecule has 20 nitrogen and oxygen atoms in total. The monoisotopic (exact) mass is 778 g/mol. The first kappa shape index (κ1) is 41.1. The molecule has 0 radical (unpaired) electrons. The molecule has 1 aliphatic carbocycles. The van der Waals surface area contributed by atoms with E-state index in [0.717, 1.165) is 6.26 Å². The Kier molecular flexibility index (Phi) is 12.9. The highest BCUT2D eigenvalue weighted by molar-refractivity contribution is 5.89. The maximum atomic E-state index is 12.9. The molecular formula is C34H50O20. The lowest BCUT2D eigenvalue weighted by Crippen LogP contribution is -2.63. The highest BCUT2D eigenvalue weighted by Gasteiger charge is 2.56. The van der Waals surface area contributed by atoms with Gasteiger partial charge in [-0.3, -0.25) is 0 Å². The number of rotatable bonds is 10. The van der Waals surface area contributed by atoms with Crippen LogP contribution in [-0.4, -0.2) is 173 Å². The Hall–Kier alpha value is -2.54. The van der Waals surface area contributed by atoms with E-state index in [1.54, 1.807) is 13.8 Å². The molecule has 6 aliphatic rings. The first-order chi connectivity index (χ1) is 25.7. The van der Waals surface area contributed by atoms with E-state index in [-0.39, 0.29) is 24.0 Å². The van der Waals surface area contributed by atoms with E-state index in [1.165, 1.54) is 20.5 Å². The van der Waals surface area contributed by atoms with Gasteiger partial charge in [-0.15, -0.1) is 0 Å². The zero-order chi connectivity index (χ0) is 39.2. The second-order valence-electron chi connectivity index (χ2n) is 14.5. The van der Waals surface area contributed by atoms with Crippen LogP contribution in [0.1, 0.15) is 26.7 Å². The molecule has 3 saturated heterocycles. The molecule has 0 aromatic rings. The third-order valence-corrected chi connectivity index (χ3v) is 11.4. The molecule has 0 aromatic heterocycles. The summed E-state index contributed by atoms with van der Waals surface area (Å²) in [6, 6.07) is 0. The number of hydrogen-bond acceptors (Lipinski definition) is 20. The molecule has 6 rings (SSSR count). The number of methoxy groups -OCH3 is 2. The summed E-state index contributed by atoms with van der Waals surface area (Å²) < 4.78 is 57.5. The lowest BCUT2D eigenvalue weighted by atomic mass is 9.77. The van der Waals surface area contributed by atoms with E-state index >= 15 is 0 Å². The van der Waals surface area contributed by atoms with Crippen LogP contribution in [0.3, 0.4) is 0 Å². The molecular weight excluding hydrogens is 728 g/mol. The Balaban J connectivity index is 1.23. The molecule has 0 amide bonds. The van der Waals surface area contributed by atoms with Crippen LogP contribution in [0.4, 0.5) is 0 Å². The van der Waals surface area contributed by atoms with Crippen molar-refractivity contribution in [2.75, 3.05) is 27.4 Å². The number of aliphatic hydroxyl groups excluding tert-OH is 8. The summed E-state index contributed by atoms with van der Waals surface area (Å²) >= 11 is 0. The summed E-state index contributed by atoms with van der Waals surface area (Å²) in [7, 11) is 2.40. The van der Waals surface area contributed by atoms with Gasteiger partial charge in [0.2, 0.25) is 12.6 Å². The Morgan fingerprint density at radius 1 is 0.648 bits per heavy atom. The molecule has 0 bridgehead atoms. The Labute approximate surface area is 309 Å². The van der Waals surface area contributed by atoms with Gasteiger partial charge < -0.3 is 88.2 Å². The predicted octanol–water partition coefficient (Wildman–Crippen LogP) is -3.53. The molecule has 0 unspecified atom stereocenters. The number of aliphatic hydroxyl groups is 8. The summed E-state index contributed by atoms with van der Waals surface area (Å²) in [5.74, 6) is -4.48. The number of ether oxygens (including phenoxy) is 10. The first-order valence-electron chi connectivity index (χ1n) is 17.8. The molecule has 4 fully saturated rings. The zero-order valence-electron chi connectivity index (χ0n) is 30.0. The third kappa shape index (κ3) is 7.62. The van der Waals surface area contributed by atoms with Gasteiger partial charge in [0.05, 0.1) is 69.2 Å². The Bertz CT molecular complexity index is 1390. The molecule has 0 aromatic carbocycles. The van der Waals surface area contributed by atoms with Crippen LogP contribution < -0.4 is 0 Å². The highest BCUT2D eigenvalue weighted by atomic mass is 16.8. The van der Waals surface area contributed by atoms with E-state index < -0.39 is 147 Å². The van der Waals surface area contributed by atoms with Gasteiger partial charge in [0.1, 0.15) is 48.8 Å². The molecule has 1 saturated carbocycles. The summed E-state index contributed by atoms with van der Waals surface area (Å²) in [5.41, 5.74) is 0.280. The Morgan fingerprint density at radius 3 is 1.74 bits per heavy atom. The van der Waals surface area contributed by atoms with Crippen molar-refractivity contribution in [1.29, 1.82) is 0 Å². The van der Waals surface area contributed by atoms with Gasteiger partial charge in [0.15, 0.2) is 18.9 Å².